The fourth-order valence-electron chi connectivity index (χ4n) is 10.8. The lowest BCUT2D eigenvalue weighted by molar-refractivity contribution is -0.359. The van der Waals surface area contributed by atoms with E-state index in [1.165, 1.54) is 161 Å². The molecule has 2 aliphatic heterocycles. The zero-order chi connectivity index (χ0) is 61.6. The predicted octanol–water partition coefficient (Wildman–Crippen LogP) is 13.6. The highest BCUT2D eigenvalue weighted by atomic mass is 16.7. The molecule has 0 radical (unpaired) electrons. The first-order chi connectivity index (χ1) is 41.6. The molecule has 2 aliphatic rings. The van der Waals surface area contributed by atoms with Gasteiger partial charge in [0.15, 0.2) is 12.6 Å². The van der Waals surface area contributed by atoms with Crippen molar-refractivity contribution < 1.29 is 64.6 Å². The van der Waals surface area contributed by atoms with Crippen molar-refractivity contribution >= 4 is 5.91 Å². The summed E-state index contributed by atoms with van der Waals surface area (Å²) in [6, 6.07) is -0.941. The molecule has 0 bridgehead atoms. The molecule has 2 fully saturated rings. The Kier molecular flexibility index (Phi) is 50.9. The second kappa shape index (κ2) is 55.3. The van der Waals surface area contributed by atoms with Crippen LogP contribution in [0.15, 0.2) is 85.1 Å². The van der Waals surface area contributed by atoms with Gasteiger partial charge in [0.2, 0.25) is 5.91 Å². The van der Waals surface area contributed by atoms with Gasteiger partial charge in [-0.25, -0.2) is 0 Å². The summed E-state index contributed by atoms with van der Waals surface area (Å²) in [6.07, 6.45) is 59.3. The average Bonchev–Trinajstić information content (AvgIpc) is 3.29. The van der Waals surface area contributed by atoms with E-state index in [1.54, 1.807) is 6.08 Å². The topological polar surface area (TPSA) is 228 Å². The van der Waals surface area contributed by atoms with E-state index in [-0.39, 0.29) is 18.9 Å². The summed E-state index contributed by atoms with van der Waals surface area (Å²) in [4.78, 5) is 13.3. The summed E-state index contributed by atoms with van der Waals surface area (Å²) in [5, 5.41) is 87.3. The molecule has 0 aromatic heterocycles. The Hall–Kier alpha value is -2.83. The van der Waals surface area contributed by atoms with Crippen LogP contribution in [0.2, 0.25) is 0 Å². The van der Waals surface area contributed by atoms with Gasteiger partial charge in [-0.2, -0.15) is 0 Å². The molecular weight excluding hydrogens is 1070 g/mol. The van der Waals surface area contributed by atoms with E-state index in [4.69, 9.17) is 18.9 Å². The molecule has 0 aliphatic carbocycles. The van der Waals surface area contributed by atoms with E-state index in [9.17, 15) is 45.6 Å². The fraction of sp³-hybridized carbons (Fsp3) is 0.789. The Morgan fingerprint density at radius 2 is 0.824 bits per heavy atom. The lowest BCUT2D eigenvalue weighted by atomic mass is 9.97. The first kappa shape index (κ1) is 78.3. The number of aliphatic hydroxyl groups excluding tert-OH is 8. The van der Waals surface area contributed by atoms with Gasteiger partial charge in [-0.3, -0.25) is 4.79 Å². The Morgan fingerprint density at radius 3 is 1.29 bits per heavy atom. The molecule has 0 aromatic rings. The van der Waals surface area contributed by atoms with E-state index >= 15 is 0 Å². The van der Waals surface area contributed by atoms with E-state index in [0.717, 1.165) is 70.6 Å². The molecule has 2 heterocycles. The molecular formula is C71H125NO13. The molecule has 0 spiro atoms. The first-order valence-corrected chi connectivity index (χ1v) is 34.3. The smallest absolute Gasteiger partial charge is 0.220 e. The monoisotopic (exact) mass is 1200 g/mol. The predicted molar refractivity (Wildman–Crippen MR) is 346 cm³/mol. The third-order valence-corrected chi connectivity index (χ3v) is 16.3. The number of hydrogen-bond donors (Lipinski definition) is 9. The van der Waals surface area contributed by atoms with Crippen LogP contribution >= 0.6 is 0 Å². The zero-order valence-corrected chi connectivity index (χ0v) is 53.3. The Balaban J connectivity index is 1.66. The largest absolute Gasteiger partial charge is 0.394 e. The number of aliphatic hydroxyl groups is 8. The number of carbonyl (C=O) groups excluding carboxylic acids is 1. The van der Waals surface area contributed by atoms with Crippen molar-refractivity contribution in [2.75, 3.05) is 19.8 Å². The maximum atomic E-state index is 13.3. The van der Waals surface area contributed by atoms with Gasteiger partial charge in [0.05, 0.1) is 32.0 Å². The Bertz CT molecular complexity index is 1750. The molecule has 0 aromatic carbocycles. The zero-order valence-electron chi connectivity index (χ0n) is 53.3. The average molecular weight is 1200 g/mol. The van der Waals surface area contributed by atoms with Gasteiger partial charge in [-0.05, 0) is 83.5 Å². The maximum Gasteiger partial charge on any atom is 0.220 e. The normalized spacial score (nSPS) is 24.1. The Labute approximate surface area is 516 Å². The minimum absolute atomic E-state index is 0.252. The van der Waals surface area contributed by atoms with Gasteiger partial charge < -0.3 is 65.1 Å². The number of nitrogens with one attached hydrogen (secondary N) is 1. The summed E-state index contributed by atoms with van der Waals surface area (Å²) < 4.78 is 22.8. The first-order valence-electron chi connectivity index (χ1n) is 34.3. The highest BCUT2D eigenvalue weighted by Gasteiger charge is 2.51. The van der Waals surface area contributed by atoms with Crippen molar-refractivity contribution in [2.45, 2.75) is 338 Å². The lowest BCUT2D eigenvalue weighted by Crippen LogP contribution is -2.65. The van der Waals surface area contributed by atoms with Crippen molar-refractivity contribution in [3.8, 4) is 0 Å². The molecule has 14 nitrogen and oxygen atoms in total. The van der Waals surface area contributed by atoms with Crippen LogP contribution in [0, 0.1) is 0 Å². The highest BCUT2D eigenvalue weighted by molar-refractivity contribution is 5.76. The van der Waals surface area contributed by atoms with Crippen molar-refractivity contribution in [2.24, 2.45) is 0 Å². The third-order valence-electron chi connectivity index (χ3n) is 16.3. The van der Waals surface area contributed by atoms with Crippen LogP contribution in [0.5, 0.6) is 0 Å². The standard InChI is InChI=1S/C71H125NO13/c1-3-5-7-9-11-13-15-17-19-21-23-24-25-26-27-28-29-30-31-32-33-34-35-36-37-39-41-43-45-47-49-51-53-55-63(76)72-59(60(75)54-52-50-48-46-44-42-40-38-22-20-18-16-14-12-10-8-6-4-2)58-82-70-68(81)66(79)69(62(57-74)84-70)85-71-67(80)65(78)64(77)61(56-73)83-71/h5,7,11,13,17,19,22-24,38,44,46,52,54,59-62,64-71,73-75,77-81H,3-4,6,8-10,12,14-16,18,20-21,25-37,39-43,45,47-51,53,55-58H2,1-2H3,(H,72,76)/b7-5-,13-11-,19-17-,24-23-,38-22+,46-44+,54-52+. The molecule has 1 amide bonds. The van der Waals surface area contributed by atoms with Gasteiger partial charge >= 0.3 is 0 Å². The quantitative estimate of drug-likeness (QED) is 0.0204. The minimum atomic E-state index is -1.79. The van der Waals surface area contributed by atoms with E-state index in [2.05, 4.69) is 92.1 Å². The van der Waals surface area contributed by atoms with Gasteiger partial charge in [0.1, 0.15) is 48.8 Å². The summed E-state index contributed by atoms with van der Waals surface area (Å²) in [7, 11) is 0. The number of rotatable bonds is 55. The minimum Gasteiger partial charge on any atom is -0.394 e. The number of amides is 1. The van der Waals surface area contributed by atoms with Crippen molar-refractivity contribution in [3.05, 3.63) is 85.1 Å². The molecule has 492 valence electrons. The van der Waals surface area contributed by atoms with E-state index in [0.29, 0.717) is 12.8 Å². The van der Waals surface area contributed by atoms with Gasteiger partial charge in [0, 0.05) is 6.42 Å². The van der Waals surface area contributed by atoms with Crippen LogP contribution in [-0.4, -0.2) is 140 Å². The second-order valence-corrected chi connectivity index (χ2v) is 23.9. The summed E-state index contributed by atoms with van der Waals surface area (Å²) in [5.74, 6) is -0.252. The molecule has 12 unspecified atom stereocenters. The molecule has 14 heteroatoms. The van der Waals surface area contributed by atoms with Crippen molar-refractivity contribution in [1.82, 2.24) is 5.32 Å². The summed E-state index contributed by atoms with van der Waals surface area (Å²) >= 11 is 0. The summed E-state index contributed by atoms with van der Waals surface area (Å²) in [5.41, 5.74) is 0. The molecule has 2 saturated heterocycles. The van der Waals surface area contributed by atoms with Crippen LogP contribution in [0.4, 0.5) is 0 Å². The van der Waals surface area contributed by atoms with Crippen LogP contribution in [0.1, 0.15) is 264 Å². The van der Waals surface area contributed by atoms with Gasteiger partial charge in [-0.1, -0.05) is 259 Å². The van der Waals surface area contributed by atoms with Crippen LogP contribution < -0.4 is 5.32 Å². The van der Waals surface area contributed by atoms with Crippen LogP contribution in [0.3, 0.4) is 0 Å². The second-order valence-electron chi connectivity index (χ2n) is 23.9. The number of hydrogen-bond acceptors (Lipinski definition) is 13. The Morgan fingerprint density at radius 1 is 0.435 bits per heavy atom. The van der Waals surface area contributed by atoms with E-state index in [1.807, 2.05) is 6.08 Å². The van der Waals surface area contributed by atoms with Crippen LogP contribution in [-0.2, 0) is 23.7 Å². The van der Waals surface area contributed by atoms with Crippen molar-refractivity contribution in [1.29, 1.82) is 0 Å². The molecule has 9 N–H and O–H groups in total. The SMILES string of the molecule is CC/C=C\C/C=C\C/C=C\C/C=C\CCCCCCCCCCCCCCCCCCCCCCC(=O)NC(COC1OC(CO)C(OC2OC(CO)C(O)C(O)C2O)C(O)C1O)C(O)/C=C/CC/C=C/CC/C=C/CCCCCCCCCC. The lowest BCUT2D eigenvalue weighted by Gasteiger charge is -2.46. The van der Waals surface area contributed by atoms with E-state index < -0.39 is 86.8 Å². The fourth-order valence-corrected chi connectivity index (χ4v) is 10.8. The number of allylic oxidation sites excluding steroid dienone is 13. The molecule has 0 saturated carbocycles. The van der Waals surface area contributed by atoms with Gasteiger partial charge in [0.25, 0.3) is 0 Å². The number of ether oxygens (including phenoxy) is 4. The molecule has 85 heavy (non-hydrogen) atoms. The highest BCUT2D eigenvalue weighted by Crippen LogP contribution is 2.30. The summed E-state index contributed by atoms with van der Waals surface area (Å²) in [6.45, 7) is 2.67. The van der Waals surface area contributed by atoms with Crippen molar-refractivity contribution in [3.63, 3.8) is 0 Å². The number of carbonyl (C=O) groups is 1. The third kappa shape index (κ3) is 39.7. The van der Waals surface area contributed by atoms with Gasteiger partial charge in [-0.15, -0.1) is 0 Å². The molecule has 12 atom stereocenters. The van der Waals surface area contributed by atoms with Crippen LogP contribution in [0.25, 0.3) is 0 Å². The maximum absolute atomic E-state index is 13.3. The molecule has 2 rings (SSSR count). The number of unbranched alkanes of at least 4 members (excludes halogenated alkanes) is 30.